The molecule has 2 aromatic rings. The summed E-state index contributed by atoms with van der Waals surface area (Å²) >= 11 is 13.5. The Hall–Kier alpha value is -1.50. The molecule has 8 heteroatoms. The van der Waals surface area contributed by atoms with Crippen LogP contribution in [0.4, 0.5) is 0 Å². The van der Waals surface area contributed by atoms with Crippen LogP contribution in [0.5, 0.6) is 0 Å². The van der Waals surface area contributed by atoms with Gasteiger partial charge in [-0.1, -0.05) is 41.0 Å². The summed E-state index contributed by atoms with van der Waals surface area (Å²) in [7, 11) is 3.44. The number of aromatic nitrogens is 3. The first-order chi connectivity index (χ1) is 10.9. The minimum atomic E-state index is 0.00854. The standard InChI is InChI=1S/C15H16Cl2N4OS/c1-4-7-21-14(11-6-5-10(16)8-12(11)17)18-19-15(21)23-9-13(22)20(2)3/h4-6,8H,1,7,9H2,2-3H3. The number of nitrogens with zero attached hydrogens (tertiary/aromatic N) is 4. The normalized spacial score (nSPS) is 10.6. The van der Waals surface area contributed by atoms with Gasteiger partial charge in [0.1, 0.15) is 0 Å². The van der Waals surface area contributed by atoms with Gasteiger partial charge in [-0.05, 0) is 18.2 Å². The van der Waals surface area contributed by atoms with Gasteiger partial charge in [0.25, 0.3) is 0 Å². The van der Waals surface area contributed by atoms with Crippen LogP contribution in [0, 0.1) is 0 Å². The molecule has 0 saturated heterocycles. The molecule has 5 nitrogen and oxygen atoms in total. The highest BCUT2D eigenvalue weighted by Gasteiger charge is 2.17. The molecule has 1 amide bonds. The van der Waals surface area contributed by atoms with E-state index in [-0.39, 0.29) is 11.7 Å². The topological polar surface area (TPSA) is 51.0 Å². The monoisotopic (exact) mass is 370 g/mol. The van der Waals surface area contributed by atoms with Crippen molar-refractivity contribution in [2.75, 3.05) is 19.8 Å². The second kappa shape index (κ2) is 7.86. The third-order valence-electron chi connectivity index (χ3n) is 3.02. The van der Waals surface area contributed by atoms with Gasteiger partial charge in [0.2, 0.25) is 5.91 Å². The van der Waals surface area contributed by atoms with Crippen molar-refractivity contribution in [3.05, 3.63) is 40.9 Å². The maximum Gasteiger partial charge on any atom is 0.232 e. The number of benzene rings is 1. The predicted molar refractivity (Wildman–Crippen MR) is 95.1 cm³/mol. The fourth-order valence-electron chi connectivity index (χ4n) is 1.81. The van der Waals surface area contributed by atoms with Crippen LogP contribution in [0.15, 0.2) is 36.0 Å². The van der Waals surface area contributed by atoms with Crippen molar-refractivity contribution < 1.29 is 4.79 Å². The second-order valence-corrected chi connectivity index (χ2v) is 6.69. The molecule has 0 unspecified atom stereocenters. The first-order valence-corrected chi connectivity index (χ1v) is 8.50. The SMILES string of the molecule is C=CCn1c(SCC(=O)N(C)C)nnc1-c1ccc(Cl)cc1Cl. The molecule has 0 aliphatic rings. The van der Waals surface area contributed by atoms with Crippen LogP contribution in [-0.4, -0.2) is 45.4 Å². The molecule has 0 atom stereocenters. The summed E-state index contributed by atoms with van der Waals surface area (Å²) in [6.45, 7) is 4.27. The van der Waals surface area contributed by atoms with Gasteiger partial charge in [0, 0.05) is 31.2 Å². The Morgan fingerprint density at radius 2 is 2.13 bits per heavy atom. The van der Waals surface area contributed by atoms with Crippen molar-refractivity contribution >= 4 is 40.9 Å². The highest BCUT2D eigenvalue weighted by atomic mass is 35.5. The molecular formula is C15H16Cl2N4OS. The van der Waals surface area contributed by atoms with E-state index in [1.165, 1.54) is 16.7 Å². The highest BCUT2D eigenvalue weighted by Crippen LogP contribution is 2.31. The van der Waals surface area contributed by atoms with E-state index in [9.17, 15) is 4.79 Å². The first-order valence-electron chi connectivity index (χ1n) is 6.76. The van der Waals surface area contributed by atoms with E-state index in [0.717, 1.165) is 5.56 Å². The molecule has 0 bridgehead atoms. The average Bonchev–Trinajstić information content (AvgIpc) is 2.88. The zero-order chi connectivity index (χ0) is 17.0. The van der Waals surface area contributed by atoms with Crippen LogP contribution in [-0.2, 0) is 11.3 Å². The Kier molecular flexibility index (Phi) is 6.10. The lowest BCUT2D eigenvalue weighted by Crippen LogP contribution is -2.23. The van der Waals surface area contributed by atoms with Gasteiger partial charge in [-0.3, -0.25) is 9.36 Å². The lowest BCUT2D eigenvalue weighted by atomic mass is 10.2. The third kappa shape index (κ3) is 4.28. The van der Waals surface area contributed by atoms with Crippen molar-refractivity contribution in [2.24, 2.45) is 0 Å². The number of allylic oxidation sites excluding steroid dienone is 1. The molecule has 0 fully saturated rings. The van der Waals surface area contributed by atoms with E-state index in [2.05, 4.69) is 16.8 Å². The minimum Gasteiger partial charge on any atom is -0.348 e. The van der Waals surface area contributed by atoms with Crippen molar-refractivity contribution in [3.8, 4) is 11.4 Å². The summed E-state index contributed by atoms with van der Waals surface area (Å²) in [5.41, 5.74) is 0.733. The van der Waals surface area contributed by atoms with Gasteiger partial charge in [-0.15, -0.1) is 16.8 Å². The predicted octanol–water partition coefficient (Wildman–Crippen LogP) is 3.62. The molecule has 0 aliphatic carbocycles. The highest BCUT2D eigenvalue weighted by molar-refractivity contribution is 7.99. The Balaban J connectivity index is 2.34. The van der Waals surface area contributed by atoms with Crippen LogP contribution in [0.1, 0.15) is 0 Å². The second-order valence-electron chi connectivity index (χ2n) is 4.91. The van der Waals surface area contributed by atoms with Crippen LogP contribution < -0.4 is 0 Å². The van der Waals surface area contributed by atoms with Gasteiger partial charge in [-0.25, -0.2) is 0 Å². The van der Waals surface area contributed by atoms with Crippen molar-refractivity contribution in [1.82, 2.24) is 19.7 Å². The zero-order valence-corrected chi connectivity index (χ0v) is 15.1. The molecule has 0 saturated carbocycles. The molecule has 0 N–H and O–H groups in total. The van der Waals surface area contributed by atoms with E-state index >= 15 is 0 Å². The summed E-state index contributed by atoms with van der Waals surface area (Å²) < 4.78 is 1.87. The van der Waals surface area contributed by atoms with E-state index in [4.69, 9.17) is 23.2 Å². The molecule has 0 radical (unpaired) electrons. The molecule has 1 heterocycles. The summed E-state index contributed by atoms with van der Waals surface area (Å²) in [5, 5.41) is 10.1. The van der Waals surface area contributed by atoms with Gasteiger partial charge >= 0.3 is 0 Å². The lowest BCUT2D eigenvalue weighted by Gasteiger charge is -2.11. The fourth-order valence-corrected chi connectivity index (χ4v) is 3.23. The Bertz CT molecular complexity index is 730. The van der Waals surface area contributed by atoms with Crippen LogP contribution in [0.2, 0.25) is 10.0 Å². The Labute approximate surface area is 149 Å². The van der Waals surface area contributed by atoms with Crippen molar-refractivity contribution in [3.63, 3.8) is 0 Å². The summed E-state index contributed by atoms with van der Waals surface area (Å²) in [5.74, 6) is 0.914. The largest absolute Gasteiger partial charge is 0.348 e. The summed E-state index contributed by atoms with van der Waals surface area (Å²) in [4.78, 5) is 13.3. The van der Waals surface area contributed by atoms with Gasteiger partial charge < -0.3 is 4.90 Å². The lowest BCUT2D eigenvalue weighted by molar-refractivity contribution is -0.125. The van der Waals surface area contributed by atoms with Crippen molar-refractivity contribution in [1.29, 1.82) is 0 Å². The van der Waals surface area contributed by atoms with E-state index in [1.54, 1.807) is 38.4 Å². The number of hydrogen-bond donors (Lipinski definition) is 0. The smallest absolute Gasteiger partial charge is 0.232 e. The Morgan fingerprint density at radius 1 is 1.39 bits per heavy atom. The number of amides is 1. The molecule has 0 aliphatic heterocycles. The molecule has 23 heavy (non-hydrogen) atoms. The molecule has 2 rings (SSSR count). The molecule has 1 aromatic heterocycles. The quantitative estimate of drug-likeness (QED) is 0.575. The number of carbonyl (C=O) groups excluding carboxylic acids is 1. The first kappa shape index (κ1) is 17.8. The number of thioether (sulfide) groups is 1. The molecule has 0 spiro atoms. The third-order valence-corrected chi connectivity index (χ3v) is 4.52. The van der Waals surface area contributed by atoms with Gasteiger partial charge in [0.15, 0.2) is 11.0 Å². The fraction of sp³-hybridized carbons (Fsp3) is 0.267. The maximum absolute atomic E-state index is 11.7. The number of rotatable bonds is 6. The number of hydrogen-bond acceptors (Lipinski definition) is 4. The summed E-state index contributed by atoms with van der Waals surface area (Å²) in [6, 6.07) is 5.21. The van der Waals surface area contributed by atoms with E-state index in [1.807, 2.05) is 4.57 Å². The van der Waals surface area contributed by atoms with Crippen LogP contribution in [0.3, 0.4) is 0 Å². The molecule has 1 aromatic carbocycles. The zero-order valence-electron chi connectivity index (χ0n) is 12.8. The molecule has 122 valence electrons. The number of carbonyl (C=O) groups is 1. The van der Waals surface area contributed by atoms with Crippen LogP contribution >= 0.6 is 35.0 Å². The van der Waals surface area contributed by atoms with Crippen LogP contribution in [0.25, 0.3) is 11.4 Å². The van der Waals surface area contributed by atoms with E-state index < -0.39 is 0 Å². The van der Waals surface area contributed by atoms with Gasteiger partial charge in [0.05, 0.1) is 10.8 Å². The van der Waals surface area contributed by atoms with E-state index in [0.29, 0.717) is 27.6 Å². The summed E-state index contributed by atoms with van der Waals surface area (Å²) in [6.07, 6.45) is 1.74. The average molecular weight is 371 g/mol. The Morgan fingerprint density at radius 3 is 2.74 bits per heavy atom. The molecular weight excluding hydrogens is 355 g/mol. The minimum absolute atomic E-state index is 0.00854. The number of halogens is 2. The maximum atomic E-state index is 11.7. The van der Waals surface area contributed by atoms with Crippen molar-refractivity contribution in [2.45, 2.75) is 11.7 Å². The van der Waals surface area contributed by atoms with Gasteiger partial charge in [-0.2, -0.15) is 0 Å².